The Balaban J connectivity index is 1.61. The van der Waals surface area contributed by atoms with Crippen LogP contribution in [-0.4, -0.2) is 30.8 Å². The van der Waals surface area contributed by atoms with E-state index >= 15 is 0 Å². The normalized spacial score (nSPS) is 22.5. The second-order valence-corrected chi connectivity index (χ2v) is 7.70. The van der Waals surface area contributed by atoms with Crippen molar-refractivity contribution in [3.8, 4) is 5.75 Å². The van der Waals surface area contributed by atoms with Gasteiger partial charge in [0.2, 0.25) is 0 Å². The highest BCUT2D eigenvalue weighted by molar-refractivity contribution is 9.10. The van der Waals surface area contributed by atoms with Crippen LogP contribution in [0.25, 0.3) is 0 Å². The molecule has 0 amide bonds. The van der Waals surface area contributed by atoms with Gasteiger partial charge in [0.1, 0.15) is 5.75 Å². The van der Waals surface area contributed by atoms with Gasteiger partial charge in [-0.2, -0.15) is 0 Å². The van der Waals surface area contributed by atoms with E-state index in [1.54, 1.807) is 7.11 Å². The lowest BCUT2D eigenvalue weighted by Crippen LogP contribution is -2.48. The number of morpholine rings is 1. The highest BCUT2D eigenvalue weighted by Gasteiger charge is 2.53. The summed E-state index contributed by atoms with van der Waals surface area (Å²) in [5.74, 6) is 0.909. The van der Waals surface area contributed by atoms with Gasteiger partial charge in [0.25, 0.3) is 0 Å². The van der Waals surface area contributed by atoms with E-state index in [1.165, 1.54) is 24.0 Å². The molecule has 0 aromatic heterocycles. The molecule has 126 valence electrons. The summed E-state index contributed by atoms with van der Waals surface area (Å²) in [5, 5.41) is 0. The van der Waals surface area contributed by atoms with Gasteiger partial charge in [-0.1, -0.05) is 40.2 Å². The third-order valence-corrected chi connectivity index (χ3v) is 5.75. The van der Waals surface area contributed by atoms with E-state index in [9.17, 15) is 0 Å². The van der Waals surface area contributed by atoms with Crippen molar-refractivity contribution in [3.63, 3.8) is 0 Å². The Bertz CT molecular complexity index is 695. The van der Waals surface area contributed by atoms with Crippen LogP contribution in [0.5, 0.6) is 5.75 Å². The molecule has 1 atom stereocenters. The van der Waals surface area contributed by atoms with E-state index in [1.807, 2.05) is 12.1 Å². The van der Waals surface area contributed by atoms with Crippen LogP contribution in [0.2, 0.25) is 0 Å². The summed E-state index contributed by atoms with van der Waals surface area (Å²) in [6.07, 6.45) is 2.46. The Morgan fingerprint density at radius 3 is 2.46 bits per heavy atom. The van der Waals surface area contributed by atoms with Crippen molar-refractivity contribution in [1.29, 1.82) is 0 Å². The zero-order chi connectivity index (χ0) is 16.6. The largest absolute Gasteiger partial charge is 0.497 e. The maximum atomic E-state index is 5.98. The van der Waals surface area contributed by atoms with Gasteiger partial charge < -0.3 is 9.47 Å². The minimum Gasteiger partial charge on any atom is -0.497 e. The molecule has 1 saturated heterocycles. The van der Waals surface area contributed by atoms with E-state index in [-0.39, 0.29) is 5.54 Å². The van der Waals surface area contributed by atoms with Gasteiger partial charge in [0, 0.05) is 16.6 Å². The van der Waals surface area contributed by atoms with E-state index in [0.29, 0.717) is 6.04 Å². The summed E-state index contributed by atoms with van der Waals surface area (Å²) in [5.41, 5.74) is 2.89. The van der Waals surface area contributed by atoms with Crippen molar-refractivity contribution in [2.24, 2.45) is 0 Å². The summed E-state index contributed by atoms with van der Waals surface area (Å²) in [4.78, 5) is 2.65. The van der Waals surface area contributed by atoms with E-state index < -0.39 is 0 Å². The number of nitrogens with zero attached hydrogens (tertiary/aromatic N) is 1. The predicted octanol–water partition coefficient (Wildman–Crippen LogP) is 4.56. The number of halogens is 1. The van der Waals surface area contributed by atoms with E-state index in [4.69, 9.17) is 9.47 Å². The molecule has 1 spiro atoms. The Morgan fingerprint density at radius 2 is 1.83 bits per heavy atom. The van der Waals surface area contributed by atoms with Gasteiger partial charge in [-0.3, -0.25) is 4.90 Å². The average molecular weight is 388 g/mol. The first-order chi connectivity index (χ1) is 11.7. The van der Waals surface area contributed by atoms with Crippen LogP contribution in [0.3, 0.4) is 0 Å². The van der Waals surface area contributed by atoms with Gasteiger partial charge in [0.15, 0.2) is 0 Å². The molecule has 0 bridgehead atoms. The highest BCUT2D eigenvalue weighted by Crippen LogP contribution is 2.49. The Morgan fingerprint density at radius 1 is 1.12 bits per heavy atom. The molecule has 1 unspecified atom stereocenters. The summed E-state index contributed by atoms with van der Waals surface area (Å²) < 4.78 is 12.4. The van der Waals surface area contributed by atoms with Crippen molar-refractivity contribution < 1.29 is 9.47 Å². The molecule has 1 aliphatic heterocycles. The quantitative estimate of drug-likeness (QED) is 0.766. The fourth-order valence-electron chi connectivity index (χ4n) is 3.61. The third kappa shape index (κ3) is 3.10. The topological polar surface area (TPSA) is 21.7 Å². The molecule has 1 heterocycles. The Kier molecular flexibility index (Phi) is 4.37. The predicted molar refractivity (Wildman–Crippen MR) is 98.2 cm³/mol. The molecule has 3 nitrogen and oxygen atoms in total. The standard InChI is InChI=1S/C20H22BrNO2/c1-23-18-8-2-15(3-9-18)12-22-19(13-24-14-20(22)10-11-20)16-4-6-17(21)7-5-16/h2-9,19H,10-14H2,1H3. The van der Waals surface area contributed by atoms with E-state index in [2.05, 4.69) is 57.2 Å². The van der Waals surface area contributed by atoms with Gasteiger partial charge in [-0.25, -0.2) is 0 Å². The summed E-state index contributed by atoms with van der Waals surface area (Å²) in [6.45, 7) is 2.57. The average Bonchev–Trinajstić information content (AvgIpc) is 3.38. The Labute approximate surface area is 151 Å². The van der Waals surface area contributed by atoms with Crippen LogP contribution in [0.1, 0.15) is 30.0 Å². The molecule has 2 aromatic rings. The molecular weight excluding hydrogens is 366 g/mol. The number of hydrogen-bond acceptors (Lipinski definition) is 3. The zero-order valence-electron chi connectivity index (χ0n) is 13.9. The fourth-order valence-corrected chi connectivity index (χ4v) is 3.87. The van der Waals surface area contributed by atoms with Crippen molar-refractivity contribution in [2.45, 2.75) is 31.0 Å². The third-order valence-electron chi connectivity index (χ3n) is 5.23. The van der Waals surface area contributed by atoms with Crippen LogP contribution < -0.4 is 4.74 Å². The molecule has 4 rings (SSSR count). The first-order valence-corrected chi connectivity index (χ1v) is 9.22. The van der Waals surface area contributed by atoms with Gasteiger partial charge in [-0.15, -0.1) is 0 Å². The summed E-state index contributed by atoms with van der Waals surface area (Å²) >= 11 is 3.53. The van der Waals surface area contributed by atoms with Crippen molar-refractivity contribution >= 4 is 15.9 Å². The maximum Gasteiger partial charge on any atom is 0.118 e. The molecule has 2 fully saturated rings. The molecule has 2 aliphatic rings. The van der Waals surface area contributed by atoms with Gasteiger partial charge in [-0.05, 0) is 48.2 Å². The Hall–Kier alpha value is -1.36. The first kappa shape index (κ1) is 16.1. The number of ether oxygens (including phenoxy) is 2. The first-order valence-electron chi connectivity index (χ1n) is 8.43. The molecule has 2 aromatic carbocycles. The number of hydrogen-bond donors (Lipinski definition) is 0. The van der Waals surface area contributed by atoms with Crippen molar-refractivity contribution in [2.75, 3.05) is 20.3 Å². The molecule has 1 aliphatic carbocycles. The van der Waals surface area contributed by atoms with Crippen molar-refractivity contribution in [1.82, 2.24) is 4.90 Å². The molecule has 0 N–H and O–H groups in total. The van der Waals surface area contributed by atoms with Crippen LogP contribution in [0.15, 0.2) is 53.0 Å². The molecular formula is C20H22BrNO2. The SMILES string of the molecule is COc1ccc(CN2C(c3ccc(Br)cc3)COCC23CC3)cc1. The second kappa shape index (κ2) is 6.51. The van der Waals surface area contributed by atoms with Crippen molar-refractivity contribution in [3.05, 3.63) is 64.1 Å². The van der Waals surface area contributed by atoms with Crippen LogP contribution in [-0.2, 0) is 11.3 Å². The van der Waals surface area contributed by atoms with Crippen LogP contribution in [0, 0.1) is 0 Å². The number of methoxy groups -OCH3 is 1. The molecule has 4 heteroatoms. The van der Waals surface area contributed by atoms with Gasteiger partial charge >= 0.3 is 0 Å². The highest BCUT2D eigenvalue weighted by atomic mass is 79.9. The molecule has 0 radical (unpaired) electrons. The van der Waals surface area contributed by atoms with Gasteiger partial charge in [0.05, 0.1) is 26.4 Å². The minimum atomic E-state index is 0.232. The maximum absolute atomic E-state index is 5.98. The number of rotatable bonds is 4. The van der Waals surface area contributed by atoms with Crippen LogP contribution >= 0.6 is 15.9 Å². The molecule has 1 saturated carbocycles. The lowest BCUT2D eigenvalue weighted by molar-refractivity contribution is -0.0680. The summed E-state index contributed by atoms with van der Waals surface area (Å²) in [6, 6.07) is 17.4. The lowest BCUT2D eigenvalue weighted by atomic mass is 10.00. The second-order valence-electron chi connectivity index (χ2n) is 6.78. The smallest absolute Gasteiger partial charge is 0.118 e. The fraction of sp³-hybridized carbons (Fsp3) is 0.400. The molecule has 24 heavy (non-hydrogen) atoms. The minimum absolute atomic E-state index is 0.232. The summed E-state index contributed by atoms with van der Waals surface area (Å²) in [7, 11) is 1.71. The number of benzene rings is 2. The monoisotopic (exact) mass is 387 g/mol. The zero-order valence-corrected chi connectivity index (χ0v) is 15.5. The lowest BCUT2D eigenvalue weighted by Gasteiger charge is -2.43. The van der Waals surface area contributed by atoms with Crippen LogP contribution in [0.4, 0.5) is 0 Å². The van der Waals surface area contributed by atoms with E-state index in [0.717, 1.165) is 30.0 Å².